The SMILES string of the molecule is [C-]#[N+]c1c[nH]n2c(=O)c(C(C)C)c(-c3ccc(OC(F)(F)F)cc3)nc12. The summed E-state index contributed by atoms with van der Waals surface area (Å²) in [5, 5.41) is 2.70. The van der Waals surface area contributed by atoms with Gasteiger partial charge in [-0.15, -0.1) is 13.2 Å². The molecule has 2 heterocycles. The summed E-state index contributed by atoms with van der Waals surface area (Å²) in [4.78, 5) is 20.5. The van der Waals surface area contributed by atoms with Crippen molar-refractivity contribution in [3.63, 3.8) is 0 Å². The smallest absolute Gasteiger partial charge is 0.406 e. The van der Waals surface area contributed by atoms with Gasteiger partial charge in [0, 0.05) is 17.3 Å². The summed E-state index contributed by atoms with van der Waals surface area (Å²) in [6.07, 6.45) is -3.40. The second-order valence-electron chi connectivity index (χ2n) is 5.84. The first kappa shape index (κ1) is 17.5. The van der Waals surface area contributed by atoms with Crippen LogP contribution < -0.4 is 10.3 Å². The number of nitrogens with zero attached hydrogens (tertiary/aromatic N) is 3. The van der Waals surface area contributed by atoms with Crippen molar-refractivity contribution >= 4 is 11.3 Å². The van der Waals surface area contributed by atoms with Gasteiger partial charge in [0.25, 0.3) is 5.56 Å². The Bertz CT molecular complexity index is 1060. The van der Waals surface area contributed by atoms with E-state index in [1.54, 1.807) is 0 Å². The summed E-state index contributed by atoms with van der Waals surface area (Å²) in [5.74, 6) is -0.554. The quantitative estimate of drug-likeness (QED) is 0.708. The Morgan fingerprint density at radius 3 is 2.46 bits per heavy atom. The molecule has 0 aliphatic heterocycles. The molecule has 3 aromatic rings. The maximum atomic E-state index is 12.8. The van der Waals surface area contributed by atoms with Crippen molar-refractivity contribution in [3.8, 4) is 17.0 Å². The number of aromatic nitrogens is 3. The number of benzene rings is 1. The average Bonchev–Trinajstić information content (AvgIpc) is 2.97. The lowest BCUT2D eigenvalue weighted by Crippen LogP contribution is -2.22. The van der Waals surface area contributed by atoms with E-state index in [1.807, 2.05) is 13.8 Å². The van der Waals surface area contributed by atoms with Crippen molar-refractivity contribution in [2.24, 2.45) is 0 Å². The van der Waals surface area contributed by atoms with E-state index in [0.717, 1.165) is 12.1 Å². The summed E-state index contributed by atoms with van der Waals surface area (Å²) >= 11 is 0. The van der Waals surface area contributed by atoms with Crippen LogP contribution in [0.15, 0.2) is 35.3 Å². The molecule has 26 heavy (non-hydrogen) atoms. The van der Waals surface area contributed by atoms with E-state index in [0.29, 0.717) is 16.8 Å². The molecule has 0 aliphatic rings. The van der Waals surface area contributed by atoms with Crippen LogP contribution in [0, 0.1) is 6.57 Å². The predicted octanol–water partition coefficient (Wildman–Crippen LogP) is 4.26. The molecular formula is C17H13F3N4O2. The maximum Gasteiger partial charge on any atom is 0.573 e. The third-order valence-corrected chi connectivity index (χ3v) is 3.74. The van der Waals surface area contributed by atoms with Gasteiger partial charge in [0.05, 0.1) is 12.3 Å². The van der Waals surface area contributed by atoms with Crippen molar-refractivity contribution in [1.29, 1.82) is 0 Å². The van der Waals surface area contributed by atoms with Crippen molar-refractivity contribution < 1.29 is 17.9 Å². The number of aromatic amines is 1. The molecule has 1 aromatic carbocycles. The summed E-state index contributed by atoms with van der Waals surface area (Å²) in [7, 11) is 0. The molecule has 0 atom stereocenters. The van der Waals surface area contributed by atoms with Crippen LogP contribution in [0.3, 0.4) is 0 Å². The van der Waals surface area contributed by atoms with Crippen molar-refractivity contribution in [1.82, 2.24) is 14.6 Å². The average molecular weight is 362 g/mol. The molecule has 0 amide bonds. The number of nitrogens with one attached hydrogen (secondary N) is 1. The first-order chi connectivity index (χ1) is 12.2. The number of halogens is 3. The van der Waals surface area contributed by atoms with Crippen LogP contribution in [0.4, 0.5) is 18.9 Å². The van der Waals surface area contributed by atoms with E-state index in [2.05, 4.69) is 19.7 Å². The summed E-state index contributed by atoms with van der Waals surface area (Å²) in [5.41, 5.74) is 1.17. The summed E-state index contributed by atoms with van der Waals surface area (Å²) in [6, 6.07) is 5.11. The summed E-state index contributed by atoms with van der Waals surface area (Å²) < 4.78 is 41.9. The Morgan fingerprint density at radius 1 is 1.27 bits per heavy atom. The topological polar surface area (TPSA) is 63.8 Å². The molecule has 3 rings (SSSR count). The van der Waals surface area contributed by atoms with Gasteiger partial charge in [0.1, 0.15) is 5.75 Å². The molecule has 0 fully saturated rings. The largest absolute Gasteiger partial charge is 0.573 e. The van der Waals surface area contributed by atoms with Crippen LogP contribution in [-0.4, -0.2) is 21.0 Å². The number of H-pyrrole nitrogens is 1. The Balaban J connectivity index is 2.19. The molecular weight excluding hydrogens is 349 g/mol. The van der Waals surface area contributed by atoms with Gasteiger partial charge in [-0.3, -0.25) is 4.79 Å². The van der Waals surface area contributed by atoms with Crippen LogP contribution in [0.5, 0.6) is 5.75 Å². The minimum Gasteiger partial charge on any atom is -0.406 e. The van der Waals surface area contributed by atoms with Gasteiger partial charge in [-0.05, 0) is 30.2 Å². The Labute approximate surface area is 145 Å². The minimum atomic E-state index is -4.78. The van der Waals surface area contributed by atoms with Gasteiger partial charge >= 0.3 is 6.36 Å². The molecule has 1 N–H and O–H groups in total. The minimum absolute atomic E-state index is 0.167. The molecule has 0 bridgehead atoms. The Hall–Kier alpha value is -3.28. The van der Waals surface area contributed by atoms with Gasteiger partial charge in [-0.2, -0.15) is 0 Å². The molecule has 6 nitrogen and oxygen atoms in total. The van der Waals surface area contributed by atoms with E-state index in [9.17, 15) is 18.0 Å². The number of hydrogen-bond acceptors (Lipinski definition) is 3. The zero-order chi connectivity index (χ0) is 19.1. The second-order valence-corrected chi connectivity index (χ2v) is 5.84. The molecule has 0 saturated carbocycles. The normalized spacial score (nSPS) is 11.7. The highest BCUT2D eigenvalue weighted by Gasteiger charge is 2.31. The first-order valence-corrected chi connectivity index (χ1v) is 7.59. The molecule has 0 radical (unpaired) electrons. The Kier molecular flexibility index (Phi) is 4.20. The lowest BCUT2D eigenvalue weighted by atomic mass is 9.98. The zero-order valence-electron chi connectivity index (χ0n) is 13.8. The molecule has 0 unspecified atom stereocenters. The van der Waals surface area contributed by atoms with Crippen LogP contribution in [0.1, 0.15) is 25.3 Å². The van der Waals surface area contributed by atoms with Crippen LogP contribution in [0.25, 0.3) is 21.7 Å². The van der Waals surface area contributed by atoms with E-state index in [1.165, 1.54) is 22.8 Å². The number of fused-ring (bicyclic) bond motifs is 1. The molecule has 9 heteroatoms. The van der Waals surface area contributed by atoms with Crippen LogP contribution in [-0.2, 0) is 0 Å². The predicted molar refractivity (Wildman–Crippen MR) is 88.3 cm³/mol. The van der Waals surface area contributed by atoms with Gasteiger partial charge < -0.3 is 9.84 Å². The van der Waals surface area contributed by atoms with Gasteiger partial charge in [0.2, 0.25) is 5.69 Å². The molecule has 2 aromatic heterocycles. The summed E-state index contributed by atoms with van der Waals surface area (Å²) in [6.45, 7) is 10.8. The lowest BCUT2D eigenvalue weighted by molar-refractivity contribution is -0.274. The van der Waals surface area contributed by atoms with Crippen LogP contribution in [0.2, 0.25) is 0 Å². The van der Waals surface area contributed by atoms with Gasteiger partial charge in [0.15, 0.2) is 5.65 Å². The molecule has 0 spiro atoms. The molecule has 0 saturated heterocycles. The zero-order valence-corrected chi connectivity index (χ0v) is 13.8. The van der Waals surface area contributed by atoms with E-state index in [-0.39, 0.29) is 28.6 Å². The van der Waals surface area contributed by atoms with E-state index < -0.39 is 6.36 Å². The van der Waals surface area contributed by atoms with Crippen molar-refractivity contribution in [2.45, 2.75) is 26.1 Å². The van der Waals surface area contributed by atoms with Crippen molar-refractivity contribution in [2.75, 3.05) is 0 Å². The fourth-order valence-corrected chi connectivity index (χ4v) is 2.65. The fraction of sp³-hybridized carbons (Fsp3) is 0.235. The first-order valence-electron chi connectivity index (χ1n) is 7.59. The third kappa shape index (κ3) is 3.13. The van der Waals surface area contributed by atoms with E-state index >= 15 is 0 Å². The van der Waals surface area contributed by atoms with E-state index in [4.69, 9.17) is 6.57 Å². The number of hydrogen-bond donors (Lipinski definition) is 1. The fourth-order valence-electron chi connectivity index (χ4n) is 2.65. The highest BCUT2D eigenvalue weighted by Crippen LogP contribution is 2.30. The number of alkyl halides is 3. The molecule has 0 aliphatic carbocycles. The van der Waals surface area contributed by atoms with Gasteiger partial charge in [-0.1, -0.05) is 13.8 Å². The van der Waals surface area contributed by atoms with Gasteiger partial charge in [-0.25, -0.2) is 14.3 Å². The standard InChI is InChI=1S/C17H13F3N4O2/c1-9(2)13-14(10-4-6-11(7-5-10)26-17(18,19)20)23-15-12(21-3)8-22-24(15)16(13)25/h4-9,22H,1-2H3. The second kappa shape index (κ2) is 6.22. The highest BCUT2D eigenvalue weighted by molar-refractivity contribution is 5.73. The molecule has 134 valence electrons. The third-order valence-electron chi connectivity index (χ3n) is 3.74. The number of ether oxygens (including phenoxy) is 1. The maximum absolute atomic E-state index is 12.8. The lowest BCUT2D eigenvalue weighted by Gasteiger charge is -2.13. The number of rotatable bonds is 3. The monoisotopic (exact) mass is 362 g/mol. The van der Waals surface area contributed by atoms with Crippen molar-refractivity contribution in [3.05, 3.63) is 57.8 Å². The Morgan fingerprint density at radius 2 is 1.92 bits per heavy atom. The van der Waals surface area contributed by atoms with Crippen LogP contribution >= 0.6 is 0 Å². The highest BCUT2D eigenvalue weighted by atomic mass is 19.4.